The molecule has 0 spiro atoms. The molecule has 1 atom stereocenters. The Bertz CT molecular complexity index is 550. The lowest BCUT2D eigenvalue weighted by molar-refractivity contribution is -0.139. The second-order valence-electron chi connectivity index (χ2n) is 9.19. The van der Waals surface area contributed by atoms with Crippen LogP contribution in [0.15, 0.2) is 35.5 Å². The molecule has 0 aromatic carbocycles. The van der Waals surface area contributed by atoms with E-state index in [1.165, 1.54) is 18.1 Å². The summed E-state index contributed by atoms with van der Waals surface area (Å²) in [6.45, 7) is 23.7. The van der Waals surface area contributed by atoms with Gasteiger partial charge in [-0.3, -0.25) is 4.79 Å². The lowest BCUT2D eigenvalue weighted by atomic mass is 10.0. The molecule has 1 unspecified atom stereocenters. The average molecular weight is 395 g/mol. The van der Waals surface area contributed by atoms with Crippen molar-refractivity contribution in [2.24, 2.45) is 0 Å². The van der Waals surface area contributed by atoms with E-state index in [2.05, 4.69) is 67.3 Å². The maximum Gasteiger partial charge on any atom is 0.302 e. The maximum atomic E-state index is 10.8. The molecule has 3 nitrogen and oxygen atoms in total. The van der Waals surface area contributed by atoms with Crippen molar-refractivity contribution >= 4 is 14.3 Å². The molecule has 0 saturated heterocycles. The lowest BCUT2D eigenvalue weighted by Gasteiger charge is -2.39. The van der Waals surface area contributed by atoms with E-state index in [1.807, 2.05) is 6.08 Å². The molecule has 4 heteroatoms. The molecule has 0 heterocycles. The number of hydrogen-bond donors (Lipinski definition) is 0. The molecule has 0 rings (SSSR count). The summed E-state index contributed by atoms with van der Waals surface area (Å²) in [5, 5.41) is 0.210. The first-order chi connectivity index (χ1) is 12.3. The zero-order valence-corrected chi connectivity index (χ0v) is 20.2. The fraction of sp³-hybridized carbons (Fsp3) is 0.696. The number of esters is 1. The Morgan fingerprint density at radius 1 is 1.04 bits per heavy atom. The van der Waals surface area contributed by atoms with Crippen LogP contribution < -0.4 is 0 Å². The highest BCUT2D eigenvalue weighted by molar-refractivity contribution is 6.74. The van der Waals surface area contributed by atoms with Crippen LogP contribution in [0.25, 0.3) is 0 Å². The van der Waals surface area contributed by atoms with Gasteiger partial charge in [0.15, 0.2) is 8.32 Å². The number of carbonyl (C=O) groups is 1. The van der Waals surface area contributed by atoms with Gasteiger partial charge in [0.1, 0.15) is 6.61 Å². The fourth-order valence-corrected chi connectivity index (χ4v) is 3.73. The predicted molar refractivity (Wildman–Crippen MR) is 119 cm³/mol. The van der Waals surface area contributed by atoms with Crippen LogP contribution in [0.3, 0.4) is 0 Å². The van der Waals surface area contributed by atoms with Crippen LogP contribution in [-0.2, 0) is 14.0 Å². The third kappa shape index (κ3) is 11.3. The van der Waals surface area contributed by atoms with Crippen molar-refractivity contribution in [1.82, 2.24) is 0 Å². The molecule has 156 valence electrons. The van der Waals surface area contributed by atoms with Gasteiger partial charge in [-0.15, -0.1) is 0 Å². The second-order valence-corrected chi connectivity index (χ2v) is 14.0. The summed E-state index contributed by atoms with van der Waals surface area (Å²) in [6.07, 6.45) is 8.45. The van der Waals surface area contributed by atoms with Gasteiger partial charge in [0.05, 0.1) is 6.10 Å². The summed E-state index contributed by atoms with van der Waals surface area (Å²) in [5.41, 5.74) is 3.77. The Hall–Kier alpha value is -1.13. The van der Waals surface area contributed by atoms with Gasteiger partial charge in [-0.05, 0) is 70.7 Å². The highest BCUT2D eigenvalue weighted by Gasteiger charge is 2.39. The fourth-order valence-electron chi connectivity index (χ4n) is 2.35. The van der Waals surface area contributed by atoms with Crippen molar-refractivity contribution in [1.29, 1.82) is 0 Å². The third-order valence-corrected chi connectivity index (χ3v) is 9.83. The van der Waals surface area contributed by atoms with Gasteiger partial charge in [0.2, 0.25) is 0 Å². The Labute approximate surface area is 169 Å². The predicted octanol–water partition coefficient (Wildman–Crippen LogP) is 6.97. The minimum absolute atomic E-state index is 0.139. The van der Waals surface area contributed by atoms with Crippen LogP contribution in [0.1, 0.15) is 74.1 Å². The van der Waals surface area contributed by atoms with Crippen molar-refractivity contribution in [3.63, 3.8) is 0 Å². The molecular formula is C23H42O3Si. The SMILES string of the molecule is C=C(C)C(CCC(C)=CCCC(C)=CCOC(C)=O)O[Si](C)(C)C(C)(C)C. The van der Waals surface area contributed by atoms with E-state index in [0.717, 1.165) is 31.3 Å². The van der Waals surface area contributed by atoms with Crippen LogP contribution in [0.5, 0.6) is 0 Å². The highest BCUT2D eigenvalue weighted by atomic mass is 28.4. The van der Waals surface area contributed by atoms with Crippen molar-refractivity contribution in [2.45, 2.75) is 98.4 Å². The van der Waals surface area contributed by atoms with Crippen molar-refractivity contribution in [2.75, 3.05) is 6.61 Å². The average Bonchev–Trinajstić information content (AvgIpc) is 2.49. The van der Waals surface area contributed by atoms with E-state index in [-0.39, 0.29) is 17.1 Å². The minimum Gasteiger partial charge on any atom is -0.462 e. The highest BCUT2D eigenvalue weighted by Crippen LogP contribution is 2.38. The smallest absolute Gasteiger partial charge is 0.302 e. The summed E-state index contributed by atoms with van der Waals surface area (Å²) in [4.78, 5) is 10.8. The summed E-state index contributed by atoms with van der Waals surface area (Å²) in [7, 11) is -1.79. The largest absolute Gasteiger partial charge is 0.462 e. The monoisotopic (exact) mass is 394 g/mol. The Morgan fingerprint density at radius 2 is 1.59 bits per heavy atom. The molecule has 0 aliphatic heterocycles. The molecule has 0 saturated carbocycles. The minimum atomic E-state index is -1.79. The molecule has 0 aliphatic rings. The van der Waals surface area contributed by atoms with E-state index in [4.69, 9.17) is 9.16 Å². The Morgan fingerprint density at radius 3 is 2.07 bits per heavy atom. The molecule has 0 radical (unpaired) electrons. The van der Waals surface area contributed by atoms with Gasteiger partial charge >= 0.3 is 5.97 Å². The van der Waals surface area contributed by atoms with E-state index < -0.39 is 8.32 Å². The summed E-state index contributed by atoms with van der Waals surface area (Å²) in [6, 6.07) is 0. The van der Waals surface area contributed by atoms with Gasteiger partial charge in [0, 0.05) is 6.92 Å². The molecule has 0 N–H and O–H groups in total. The molecule has 0 aliphatic carbocycles. The van der Waals surface area contributed by atoms with Crippen molar-refractivity contribution in [3.8, 4) is 0 Å². The Kier molecular flexibility index (Phi) is 11.2. The molecule has 0 aromatic rings. The number of carbonyl (C=O) groups excluding carboxylic acids is 1. The van der Waals surface area contributed by atoms with Crippen LogP contribution >= 0.6 is 0 Å². The molecule has 0 fully saturated rings. The van der Waals surface area contributed by atoms with Gasteiger partial charge in [0.25, 0.3) is 0 Å². The standard InChI is InChI=1S/C23H42O3Si/c1-18(2)22(26-27(9,10)23(6,7)8)15-14-19(3)12-11-13-20(4)16-17-25-21(5)24/h12,16,22H,1,11,13-15,17H2,2-10H3. The lowest BCUT2D eigenvalue weighted by Crippen LogP contribution is -2.44. The molecule has 0 bridgehead atoms. The summed E-state index contributed by atoms with van der Waals surface area (Å²) in [5.74, 6) is -0.234. The molecule has 27 heavy (non-hydrogen) atoms. The number of ether oxygens (including phenoxy) is 1. The normalized spacial score (nSPS) is 14.9. The van der Waals surface area contributed by atoms with E-state index in [1.54, 1.807) is 0 Å². The first-order valence-electron chi connectivity index (χ1n) is 10.0. The second kappa shape index (κ2) is 11.7. The van der Waals surface area contributed by atoms with E-state index in [9.17, 15) is 4.79 Å². The topological polar surface area (TPSA) is 35.5 Å². The first kappa shape index (κ1) is 25.9. The van der Waals surface area contributed by atoms with Crippen LogP contribution in [0.2, 0.25) is 18.1 Å². The van der Waals surface area contributed by atoms with E-state index in [0.29, 0.717) is 6.61 Å². The van der Waals surface area contributed by atoms with Gasteiger partial charge in [-0.1, -0.05) is 50.1 Å². The van der Waals surface area contributed by atoms with Crippen LogP contribution in [0, 0.1) is 0 Å². The maximum absolute atomic E-state index is 10.8. The quantitative estimate of drug-likeness (QED) is 0.216. The number of rotatable bonds is 11. The van der Waals surface area contributed by atoms with Crippen LogP contribution in [0.4, 0.5) is 0 Å². The van der Waals surface area contributed by atoms with Gasteiger partial charge in [-0.25, -0.2) is 0 Å². The number of allylic oxidation sites excluding steroid dienone is 3. The summed E-state index contributed by atoms with van der Waals surface area (Å²) < 4.78 is 11.5. The van der Waals surface area contributed by atoms with Gasteiger partial charge < -0.3 is 9.16 Å². The molecule has 0 amide bonds. The van der Waals surface area contributed by atoms with Crippen molar-refractivity contribution in [3.05, 3.63) is 35.5 Å². The zero-order valence-electron chi connectivity index (χ0n) is 19.2. The van der Waals surface area contributed by atoms with E-state index >= 15 is 0 Å². The van der Waals surface area contributed by atoms with Gasteiger partial charge in [-0.2, -0.15) is 0 Å². The zero-order chi connectivity index (χ0) is 21.3. The van der Waals surface area contributed by atoms with Crippen LogP contribution in [-0.4, -0.2) is 27.0 Å². The number of hydrogen-bond acceptors (Lipinski definition) is 3. The van der Waals surface area contributed by atoms with Crippen molar-refractivity contribution < 1.29 is 14.0 Å². The molecule has 0 aromatic heterocycles. The first-order valence-corrected chi connectivity index (χ1v) is 12.9. The third-order valence-electron chi connectivity index (χ3n) is 5.34. The Balaban J connectivity index is 4.53. The summed E-state index contributed by atoms with van der Waals surface area (Å²) >= 11 is 0. The molecular weight excluding hydrogens is 352 g/mol.